The van der Waals surface area contributed by atoms with Gasteiger partial charge in [-0.15, -0.1) is 0 Å². The minimum atomic E-state index is -2.37. The van der Waals surface area contributed by atoms with Crippen LogP contribution in [0.1, 0.15) is 108 Å². The van der Waals surface area contributed by atoms with Crippen LogP contribution in [0.15, 0.2) is 59.3 Å². The van der Waals surface area contributed by atoms with Crippen LogP contribution in [0.25, 0.3) is 0 Å². The maximum Gasteiger partial charge on any atom is 0.316 e. The first-order valence-electron chi connectivity index (χ1n) is 25.8. The van der Waals surface area contributed by atoms with Crippen molar-refractivity contribution in [1.82, 2.24) is 5.32 Å². The van der Waals surface area contributed by atoms with E-state index in [-0.39, 0.29) is 72.1 Å². The van der Waals surface area contributed by atoms with Crippen molar-refractivity contribution in [3.63, 3.8) is 0 Å². The maximum atomic E-state index is 14.8. The summed E-state index contributed by atoms with van der Waals surface area (Å²) in [6, 6.07) is 0.0458. The van der Waals surface area contributed by atoms with Crippen LogP contribution in [0.5, 0.6) is 0 Å². The van der Waals surface area contributed by atoms with Gasteiger partial charge in [0.25, 0.3) is 0 Å². The lowest BCUT2D eigenvalue weighted by molar-refractivity contribution is -0.312. The summed E-state index contributed by atoms with van der Waals surface area (Å²) in [4.78, 5) is 14.8. The van der Waals surface area contributed by atoms with Gasteiger partial charge in [-0.1, -0.05) is 84.9 Å². The molecule has 6 aliphatic heterocycles. The predicted molar refractivity (Wildman–Crippen MR) is 266 cm³/mol. The molecule has 15 heteroatoms. The fourth-order valence-corrected chi connectivity index (χ4v) is 12.8. The normalized spacial score (nSPS) is 45.5. The molecule has 4 fully saturated rings. The Balaban J connectivity index is 1.21. The van der Waals surface area contributed by atoms with Crippen LogP contribution in [0.3, 0.4) is 0 Å². The van der Waals surface area contributed by atoms with Crippen molar-refractivity contribution in [3.8, 4) is 0 Å². The molecule has 0 saturated carbocycles. The number of fused-ring (bicyclic) bond motifs is 2. The molecular weight excluding hydrogens is 899 g/mol. The average Bonchev–Trinajstić information content (AvgIpc) is 3.62. The van der Waals surface area contributed by atoms with Crippen molar-refractivity contribution in [2.75, 3.05) is 27.9 Å². The first-order valence-corrected chi connectivity index (χ1v) is 28.7. The second-order valence-corrected chi connectivity index (χ2v) is 27.7. The quantitative estimate of drug-likeness (QED) is 0.123. The summed E-state index contributed by atoms with van der Waals surface area (Å²) >= 11 is 0. The zero-order valence-corrected chi connectivity index (χ0v) is 45.5. The van der Waals surface area contributed by atoms with Crippen LogP contribution in [0.2, 0.25) is 18.1 Å². The predicted octanol–water partition coefficient (Wildman–Crippen LogP) is 8.24. The highest BCUT2D eigenvalue weighted by molar-refractivity contribution is 6.74. The Morgan fingerprint density at radius 1 is 0.870 bits per heavy atom. The van der Waals surface area contributed by atoms with Crippen molar-refractivity contribution in [3.05, 3.63) is 59.3 Å². The van der Waals surface area contributed by atoms with Crippen molar-refractivity contribution in [2.45, 2.75) is 224 Å². The average molecular weight is 986 g/mol. The Hall–Kier alpha value is -2.09. The maximum absolute atomic E-state index is 14.8. The molecule has 2 bridgehead atoms. The van der Waals surface area contributed by atoms with E-state index in [4.69, 9.17) is 51.8 Å². The summed E-state index contributed by atoms with van der Waals surface area (Å²) in [5.74, 6) is -2.40. The van der Waals surface area contributed by atoms with E-state index < -0.39 is 74.7 Å². The highest BCUT2D eigenvalue weighted by Gasteiger charge is 2.62. The van der Waals surface area contributed by atoms with E-state index >= 15 is 0 Å². The first kappa shape index (κ1) is 54.7. The number of esters is 1. The molecule has 4 saturated heterocycles. The summed E-state index contributed by atoms with van der Waals surface area (Å²) in [5, 5.41) is 16.4. The molecule has 0 aromatic rings. The van der Waals surface area contributed by atoms with Gasteiger partial charge in [0.15, 0.2) is 26.7 Å². The molecule has 7 rings (SSSR count). The molecular formula is C54H87NO13Si. The lowest BCUT2D eigenvalue weighted by Crippen LogP contribution is -2.60. The number of allylic oxidation sites excluding steroid dienone is 2. The van der Waals surface area contributed by atoms with Crippen LogP contribution >= 0.6 is 0 Å². The Morgan fingerprint density at radius 2 is 1.55 bits per heavy atom. The lowest BCUT2D eigenvalue weighted by atomic mass is 9.71. The van der Waals surface area contributed by atoms with E-state index in [0.29, 0.717) is 37.7 Å². The van der Waals surface area contributed by atoms with Gasteiger partial charge in [0.05, 0.1) is 61.5 Å². The molecule has 1 aliphatic carbocycles. The fourth-order valence-electron chi connectivity index (χ4n) is 11.5. The van der Waals surface area contributed by atoms with Gasteiger partial charge in [-0.05, 0) is 88.0 Å². The Morgan fingerprint density at radius 3 is 2.22 bits per heavy atom. The van der Waals surface area contributed by atoms with Crippen molar-refractivity contribution in [1.29, 1.82) is 0 Å². The number of methoxy groups -OCH3 is 2. The largest absolute Gasteiger partial charge is 0.462 e. The summed E-state index contributed by atoms with van der Waals surface area (Å²) in [6.45, 7) is 27.8. The van der Waals surface area contributed by atoms with Crippen LogP contribution in [0.4, 0.5) is 0 Å². The highest BCUT2D eigenvalue weighted by Crippen LogP contribution is 2.50. The van der Waals surface area contributed by atoms with E-state index in [0.717, 1.165) is 11.1 Å². The minimum absolute atomic E-state index is 0.0458. The van der Waals surface area contributed by atoms with E-state index in [1.165, 1.54) is 0 Å². The van der Waals surface area contributed by atoms with Gasteiger partial charge < -0.3 is 62.2 Å². The molecule has 0 unspecified atom stereocenters. The molecule has 0 amide bonds. The molecule has 69 heavy (non-hydrogen) atoms. The monoisotopic (exact) mass is 986 g/mol. The second-order valence-electron chi connectivity index (χ2n) is 23.0. The molecule has 14 nitrogen and oxygen atoms in total. The van der Waals surface area contributed by atoms with Crippen LogP contribution < -0.4 is 5.32 Å². The van der Waals surface area contributed by atoms with E-state index in [1.807, 2.05) is 52.1 Å². The summed E-state index contributed by atoms with van der Waals surface area (Å²) in [7, 11) is 2.97. The number of carbonyl (C=O) groups is 1. The SMILES string of the molecule is CN[C@@H]1[C@H](C)O[C@@H](O[C@H]2[C@H](C)O[C@@H](O[C@@H]3/C(C)=C/C[C@@H]4C[C@@H](C[C@]5(C=C[C@H](C)[C@@H](C(C)C)O5)O4)OC(=O)[C@@H]4C=C(C)[C@@H](O[Si](C)(C)C(C)(C)C)[C@H]5OC/C(=C\C=C\[C@@H]3C)[C@]54O)C[C@@H]2OC)C[C@@H]1OC. The van der Waals surface area contributed by atoms with Gasteiger partial charge in [-0.3, -0.25) is 4.79 Å². The molecule has 0 radical (unpaired) electrons. The number of ether oxygens (including phenoxy) is 10. The zero-order chi connectivity index (χ0) is 50.4. The second kappa shape index (κ2) is 21.8. The molecule has 390 valence electrons. The lowest BCUT2D eigenvalue weighted by Gasteiger charge is -2.49. The van der Waals surface area contributed by atoms with Crippen molar-refractivity contribution < 1.29 is 61.7 Å². The van der Waals surface area contributed by atoms with Gasteiger partial charge in [0, 0.05) is 51.7 Å². The Kier molecular flexibility index (Phi) is 17.3. The van der Waals surface area contributed by atoms with Crippen LogP contribution in [-0.2, 0) is 56.6 Å². The summed E-state index contributed by atoms with van der Waals surface area (Å²) in [5.41, 5.74) is 0.694. The molecule has 0 aromatic carbocycles. The minimum Gasteiger partial charge on any atom is -0.462 e. The zero-order valence-electron chi connectivity index (χ0n) is 44.5. The van der Waals surface area contributed by atoms with Gasteiger partial charge in [0.2, 0.25) is 0 Å². The number of hydrogen-bond donors (Lipinski definition) is 2. The molecule has 7 aliphatic rings. The smallest absolute Gasteiger partial charge is 0.316 e. The van der Waals surface area contributed by atoms with Gasteiger partial charge in [-0.2, -0.15) is 0 Å². The molecule has 0 aromatic heterocycles. The standard InChI is InChI=1S/C54H87NO13Si/c1-30(2)46-33(5)22-23-53(67-46)28-39-25-38(66-53)21-20-32(4)47(64-44-27-42(59-14)49(36(8)62-44)65-43-26-41(58-13)45(55-12)35(7)61-43)31(3)18-17-19-37-29-60-50-48(68-69(15,16)52(9,10)11)34(6)24-40(51(56)63-39)54(37,50)57/h17-20,22-24,30-31,33,35-36,38-50,55,57H,21,25-29H2,1-16H3/b18-17+,32-20+,37-19+/t31-,33-,35-,36-,38+,39-,40-,41-,42-,43-,44-,45+,46+,47-,48+,49-,50+,53+,54+/m0/s1. The van der Waals surface area contributed by atoms with Crippen LogP contribution in [0, 0.1) is 23.7 Å². The van der Waals surface area contributed by atoms with Gasteiger partial charge in [0.1, 0.15) is 29.8 Å². The third kappa shape index (κ3) is 11.5. The molecule has 6 heterocycles. The summed E-state index contributed by atoms with van der Waals surface area (Å²) in [6.07, 6.45) is 11.2. The fraction of sp³-hybridized carbons (Fsp3) is 0.796. The number of nitrogens with one attached hydrogen (secondary N) is 1. The van der Waals surface area contributed by atoms with Crippen molar-refractivity contribution in [2.24, 2.45) is 23.7 Å². The first-order chi connectivity index (χ1) is 32.4. The number of likely N-dealkylation sites (N-methyl/N-ethyl adjacent to an activating group) is 1. The molecule has 19 atom stereocenters. The third-order valence-electron chi connectivity index (χ3n) is 16.5. The topological polar surface area (TPSA) is 151 Å². The van der Waals surface area contributed by atoms with Gasteiger partial charge in [-0.25, -0.2) is 0 Å². The number of aliphatic hydroxyl groups is 1. The van der Waals surface area contributed by atoms with Crippen molar-refractivity contribution >= 4 is 14.3 Å². The number of rotatable bonds is 10. The Labute approximate surface area is 414 Å². The van der Waals surface area contributed by atoms with Crippen LogP contribution in [-0.4, -0.2) is 144 Å². The van der Waals surface area contributed by atoms with E-state index in [2.05, 4.69) is 92.0 Å². The van der Waals surface area contributed by atoms with E-state index in [9.17, 15) is 9.90 Å². The number of carbonyl (C=O) groups excluding carboxylic acids is 1. The van der Waals surface area contributed by atoms with E-state index in [1.54, 1.807) is 14.2 Å². The van der Waals surface area contributed by atoms with Gasteiger partial charge >= 0.3 is 5.97 Å². The highest BCUT2D eigenvalue weighted by atomic mass is 28.4. The molecule has 2 N–H and O–H groups in total. The Bertz CT molecular complexity index is 1940. The molecule has 1 spiro atoms. The number of hydrogen-bond acceptors (Lipinski definition) is 14. The third-order valence-corrected chi connectivity index (χ3v) is 21.0. The summed E-state index contributed by atoms with van der Waals surface area (Å²) < 4.78 is 72.6.